The van der Waals surface area contributed by atoms with Gasteiger partial charge in [0.05, 0.1) is 0 Å². The van der Waals surface area contributed by atoms with E-state index >= 15 is 0 Å². The van der Waals surface area contributed by atoms with Crippen molar-refractivity contribution in [1.29, 1.82) is 0 Å². The lowest BCUT2D eigenvalue weighted by molar-refractivity contribution is 0.139. The van der Waals surface area contributed by atoms with E-state index in [-0.39, 0.29) is 0 Å². The maximum Gasteiger partial charge on any atom is 0.0155 e. The fraction of sp³-hybridized carbons (Fsp3) is 0.867. The van der Waals surface area contributed by atoms with Crippen molar-refractivity contribution in [2.75, 3.05) is 7.05 Å². The van der Waals surface area contributed by atoms with Gasteiger partial charge in [0.25, 0.3) is 0 Å². The molecule has 3 unspecified atom stereocenters. The van der Waals surface area contributed by atoms with E-state index in [2.05, 4.69) is 59.6 Å². The molecule has 0 aliphatic heterocycles. The Morgan fingerprint density at radius 3 is 2.19 bits per heavy atom. The Balaban J connectivity index is 4.59. The third-order valence-electron chi connectivity index (χ3n) is 4.09. The van der Waals surface area contributed by atoms with Crippen LogP contribution in [0.1, 0.15) is 60.8 Å². The quantitative estimate of drug-likeness (QED) is 0.577. The van der Waals surface area contributed by atoms with Gasteiger partial charge in [-0.2, -0.15) is 0 Å². The minimum Gasteiger partial charge on any atom is -0.300 e. The Hall–Kier alpha value is -0.300. The second-order valence-electron chi connectivity index (χ2n) is 5.10. The summed E-state index contributed by atoms with van der Waals surface area (Å²) in [5.41, 5.74) is 1.52. The summed E-state index contributed by atoms with van der Waals surface area (Å²) in [7, 11) is 2.29. The topological polar surface area (TPSA) is 3.24 Å². The first-order chi connectivity index (χ1) is 7.49. The van der Waals surface area contributed by atoms with Gasteiger partial charge in [-0.15, -0.1) is 0 Å². The van der Waals surface area contributed by atoms with Gasteiger partial charge in [0.2, 0.25) is 0 Å². The molecular formula is C15H31N. The Morgan fingerprint density at radius 2 is 1.81 bits per heavy atom. The molecule has 96 valence electrons. The van der Waals surface area contributed by atoms with E-state index in [9.17, 15) is 0 Å². The van der Waals surface area contributed by atoms with Crippen LogP contribution in [0, 0.1) is 5.92 Å². The Morgan fingerprint density at radius 1 is 1.25 bits per heavy atom. The van der Waals surface area contributed by atoms with Crippen LogP contribution in [0.4, 0.5) is 0 Å². The lowest BCUT2D eigenvalue weighted by Crippen LogP contribution is -2.42. The summed E-state index contributed by atoms with van der Waals surface area (Å²) < 4.78 is 0. The van der Waals surface area contributed by atoms with Gasteiger partial charge in [0, 0.05) is 12.1 Å². The van der Waals surface area contributed by atoms with Gasteiger partial charge in [0.1, 0.15) is 0 Å². The number of allylic oxidation sites excluding steroid dienone is 1. The molecule has 0 saturated carbocycles. The molecule has 1 heteroatoms. The van der Waals surface area contributed by atoms with E-state index in [0.29, 0.717) is 18.0 Å². The molecule has 0 aliphatic carbocycles. The van der Waals surface area contributed by atoms with Crippen molar-refractivity contribution < 1.29 is 0 Å². The lowest BCUT2D eigenvalue weighted by atomic mass is 9.90. The van der Waals surface area contributed by atoms with Crippen molar-refractivity contribution in [3.8, 4) is 0 Å². The highest BCUT2D eigenvalue weighted by molar-refractivity contribution is 5.04. The smallest absolute Gasteiger partial charge is 0.0155 e. The maximum absolute atomic E-state index is 2.57. The van der Waals surface area contributed by atoms with Gasteiger partial charge in [-0.05, 0) is 46.6 Å². The van der Waals surface area contributed by atoms with Gasteiger partial charge < -0.3 is 4.90 Å². The fourth-order valence-electron chi connectivity index (χ4n) is 2.51. The number of nitrogens with zero attached hydrogens (tertiary/aromatic N) is 1. The zero-order valence-electron chi connectivity index (χ0n) is 12.4. The molecule has 0 saturated heterocycles. The number of hydrogen-bond acceptors (Lipinski definition) is 1. The third kappa shape index (κ3) is 4.29. The summed E-state index contributed by atoms with van der Waals surface area (Å²) in [4.78, 5) is 2.57. The normalized spacial score (nSPS) is 18.6. The van der Waals surface area contributed by atoms with E-state index < -0.39 is 0 Å². The molecule has 0 amide bonds. The van der Waals surface area contributed by atoms with Crippen LogP contribution in [0.3, 0.4) is 0 Å². The molecule has 0 aromatic rings. The van der Waals surface area contributed by atoms with Gasteiger partial charge in [-0.1, -0.05) is 38.8 Å². The minimum absolute atomic E-state index is 0.666. The van der Waals surface area contributed by atoms with E-state index in [1.807, 2.05) is 0 Å². The van der Waals surface area contributed by atoms with Crippen LogP contribution in [0.25, 0.3) is 0 Å². The van der Waals surface area contributed by atoms with Gasteiger partial charge >= 0.3 is 0 Å². The van der Waals surface area contributed by atoms with Crippen molar-refractivity contribution in [1.82, 2.24) is 4.90 Å². The molecule has 0 aliphatic rings. The summed E-state index contributed by atoms with van der Waals surface area (Å²) in [6.07, 6.45) is 6.07. The molecule has 1 nitrogen and oxygen atoms in total. The summed E-state index contributed by atoms with van der Waals surface area (Å²) in [5, 5.41) is 0. The molecule has 0 heterocycles. The van der Waals surface area contributed by atoms with Crippen molar-refractivity contribution in [2.24, 2.45) is 5.92 Å². The van der Waals surface area contributed by atoms with Crippen molar-refractivity contribution in [2.45, 2.75) is 72.9 Å². The molecule has 0 aromatic heterocycles. The van der Waals surface area contributed by atoms with Crippen molar-refractivity contribution in [3.05, 3.63) is 11.6 Å². The second kappa shape index (κ2) is 7.89. The van der Waals surface area contributed by atoms with Crippen LogP contribution in [0.5, 0.6) is 0 Å². The average Bonchev–Trinajstić information content (AvgIpc) is 2.28. The molecule has 0 radical (unpaired) electrons. The SMILES string of the molecule is CC=C(C)C(C)C(CC)N(C)C(C)CCC. The first-order valence-electron chi connectivity index (χ1n) is 6.84. The predicted octanol–water partition coefficient (Wildman–Crippen LogP) is 4.49. The van der Waals surface area contributed by atoms with Gasteiger partial charge in [0.15, 0.2) is 0 Å². The van der Waals surface area contributed by atoms with Gasteiger partial charge in [-0.3, -0.25) is 0 Å². The summed E-state index contributed by atoms with van der Waals surface area (Å²) in [6, 6.07) is 1.37. The summed E-state index contributed by atoms with van der Waals surface area (Å²) >= 11 is 0. The molecule has 0 aromatic carbocycles. The number of rotatable bonds is 7. The van der Waals surface area contributed by atoms with E-state index in [1.54, 1.807) is 0 Å². The molecule has 0 bridgehead atoms. The Kier molecular flexibility index (Phi) is 7.74. The van der Waals surface area contributed by atoms with E-state index in [1.165, 1.54) is 24.8 Å². The minimum atomic E-state index is 0.666. The summed E-state index contributed by atoms with van der Waals surface area (Å²) in [6.45, 7) is 13.7. The Bertz CT molecular complexity index is 207. The predicted molar refractivity (Wildman–Crippen MR) is 74.8 cm³/mol. The zero-order chi connectivity index (χ0) is 12.7. The van der Waals surface area contributed by atoms with Crippen LogP contribution in [0.2, 0.25) is 0 Å². The van der Waals surface area contributed by atoms with Crippen molar-refractivity contribution in [3.63, 3.8) is 0 Å². The highest BCUT2D eigenvalue weighted by atomic mass is 15.2. The monoisotopic (exact) mass is 225 g/mol. The highest BCUT2D eigenvalue weighted by Crippen LogP contribution is 2.23. The second-order valence-corrected chi connectivity index (χ2v) is 5.10. The average molecular weight is 225 g/mol. The van der Waals surface area contributed by atoms with E-state index in [0.717, 1.165) is 0 Å². The molecule has 0 rings (SSSR count). The first kappa shape index (κ1) is 15.7. The van der Waals surface area contributed by atoms with Crippen LogP contribution >= 0.6 is 0 Å². The van der Waals surface area contributed by atoms with Crippen molar-refractivity contribution >= 4 is 0 Å². The van der Waals surface area contributed by atoms with Crippen LogP contribution in [0.15, 0.2) is 11.6 Å². The third-order valence-corrected chi connectivity index (χ3v) is 4.09. The molecule has 0 spiro atoms. The molecule has 0 N–H and O–H groups in total. The largest absolute Gasteiger partial charge is 0.300 e. The summed E-state index contributed by atoms with van der Waals surface area (Å²) in [5.74, 6) is 0.666. The first-order valence-corrected chi connectivity index (χ1v) is 6.84. The maximum atomic E-state index is 2.57. The zero-order valence-corrected chi connectivity index (χ0v) is 12.4. The molecule has 0 fully saturated rings. The van der Waals surface area contributed by atoms with E-state index in [4.69, 9.17) is 0 Å². The van der Waals surface area contributed by atoms with Crippen LogP contribution in [-0.2, 0) is 0 Å². The van der Waals surface area contributed by atoms with Crippen LogP contribution in [-0.4, -0.2) is 24.0 Å². The standard InChI is InChI=1S/C15H31N/c1-8-11-13(5)16(7)15(10-3)14(6)12(4)9-2/h9,13-15H,8,10-11H2,1-7H3. The lowest BCUT2D eigenvalue weighted by Gasteiger charge is -2.37. The molecular weight excluding hydrogens is 194 g/mol. The molecule has 16 heavy (non-hydrogen) atoms. The van der Waals surface area contributed by atoms with Crippen LogP contribution < -0.4 is 0 Å². The molecule has 3 atom stereocenters. The Labute approximate surface area is 103 Å². The highest BCUT2D eigenvalue weighted by Gasteiger charge is 2.23. The number of hydrogen-bond donors (Lipinski definition) is 0. The fourth-order valence-corrected chi connectivity index (χ4v) is 2.51. The van der Waals surface area contributed by atoms with Gasteiger partial charge in [-0.25, -0.2) is 0 Å².